The summed E-state index contributed by atoms with van der Waals surface area (Å²) >= 11 is 0. The molecule has 0 unspecified atom stereocenters. The summed E-state index contributed by atoms with van der Waals surface area (Å²) in [7, 11) is 4.07. The number of nitrogens with zero attached hydrogens (tertiary/aromatic N) is 1. The van der Waals surface area contributed by atoms with Crippen LogP contribution in [0.25, 0.3) is 0 Å². The highest BCUT2D eigenvalue weighted by Gasteiger charge is 2.06. The van der Waals surface area contributed by atoms with Crippen LogP contribution in [0.1, 0.15) is 24.0 Å². The molecular formula is C13H24N2O2. The Morgan fingerprint density at radius 2 is 2.18 bits per heavy atom. The minimum Gasteiger partial charge on any atom is -0.462 e. The first-order chi connectivity index (χ1) is 8.13. The smallest absolute Gasteiger partial charge is 0.130 e. The molecule has 0 radical (unpaired) electrons. The maximum Gasteiger partial charge on any atom is 0.130 e. The minimum absolute atomic E-state index is 0.556. The van der Waals surface area contributed by atoms with Gasteiger partial charge in [0.25, 0.3) is 0 Å². The van der Waals surface area contributed by atoms with Gasteiger partial charge < -0.3 is 19.4 Å². The highest BCUT2D eigenvalue weighted by Crippen LogP contribution is 2.15. The van der Waals surface area contributed by atoms with E-state index >= 15 is 0 Å². The zero-order valence-corrected chi connectivity index (χ0v) is 11.4. The van der Waals surface area contributed by atoms with E-state index in [0.717, 1.165) is 37.8 Å². The maximum absolute atomic E-state index is 5.72. The van der Waals surface area contributed by atoms with Crippen LogP contribution in [0.4, 0.5) is 0 Å². The van der Waals surface area contributed by atoms with E-state index in [2.05, 4.69) is 30.1 Å². The molecule has 1 heterocycles. The van der Waals surface area contributed by atoms with Gasteiger partial charge in [0.2, 0.25) is 0 Å². The summed E-state index contributed by atoms with van der Waals surface area (Å²) in [5, 5.41) is 3.26. The second-order valence-corrected chi connectivity index (χ2v) is 4.46. The van der Waals surface area contributed by atoms with Crippen molar-refractivity contribution in [3.05, 3.63) is 23.2 Å². The lowest BCUT2D eigenvalue weighted by Crippen LogP contribution is -2.17. The van der Waals surface area contributed by atoms with Gasteiger partial charge in [0.1, 0.15) is 18.1 Å². The molecule has 0 saturated carbocycles. The van der Waals surface area contributed by atoms with Crippen LogP contribution in [-0.2, 0) is 17.9 Å². The van der Waals surface area contributed by atoms with Gasteiger partial charge in [-0.25, -0.2) is 0 Å². The topological polar surface area (TPSA) is 37.6 Å². The average Bonchev–Trinajstić information content (AvgIpc) is 2.62. The van der Waals surface area contributed by atoms with Gasteiger partial charge >= 0.3 is 0 Å². The van der Waals surface area contributed by atoms with E-state index in [0.29, 0.717) is 6.61 Å². The molecule has 4 heteroatoms. The summed E-state index contributed by atoms with van der Waals surface area (Å²) in [5.41, 5.74) is 1.19. The Bertz CT molecular complexity index is 321. The number of furan rings is 1. The largest absolute Gasteiger partial charge is 0.462 e. The fourth-order valence-electron chi connectivity index (χ4n) is 1.50. The molecule has 98 valence electrons. The summed E-state index contributed by atoms with van der Waals surface area (Å²) < 4.78 is 11.3. The van der Waals surface area contributed by atoms with Gasteiger partial charge in [-0.15, -0.1) is 0 Å². The molecule has 1 rings (SSSR count). The molecule has 1 N–H and O–H groups in total. The molecule has 0 aliphatic heterocycles. The number of ether oxygens (including phenoxy) is 1. The van der Waals surface area contributed by atoms with Crippen LogP contribution in [0.2, 0.25) is 0 Å². The van der Waals surface area contributed by atoms with Crippen molar-refractivity contribution in [2.45, 2.75) is 27.0 Å². The number of hydrogen-bond donors (Lipinski definition) is 1. The van der Waals surface area contributed by atoms with E-state index < -0.39 is 0 Å². The predicted octanol–water partition coefficient (Wildman–Crippen LogP) is 1.78. The van der Waals surface area contributed by atoms with Crippen molar-refractivity contribution in [3.63, 3.8) is 0 Å². The molecular weight excluding hydrogens is 216 g/mol. The Morgan fingerprint density at radius 3 is 2.82 bits per heavy atom. The van der Waals surface area contributed by atoms with Crippen molar-refractivity contribution < 1.29 is 9.15 Å². The van der Waals surface area contributed by atoms with Gasteiger partial charge in [-0.3, -0.25) is 0 Å². The van der Waals surface area contributed by atoms with Crippen molar-refractivity contribution in [1.29, 1.82) is 0 Å². The van der Waals surface area contributed by atoms with Crippen molar-refractivity contribution in [2.24, 2.45) is 0 Å². The van der Waals surface area contributed by atoms with E-state index in [1.165, 1.54) is 5.56 Å². The van der Waals surface area contributed by atoms with Gasteiger partial charge in [-0.2, -0.15) is 0 Å². The SMILES string of the molecule is CCNCc1oc(COCCN(C)C)cc1C. The third kappa shape index (κ3) is 5.35. The second-order valence-electron chi connectivity index (χ2n) is 4.46. The molecule has 0 aliphatic rings. The molecule has 0 fully saturated rings. The summed E-state index contributed by atoms with van der Waals surface area (Å²) in [4.78, 5) is 2.10. The van der Waals surface area contributed by atoms with Crippen LogP contribution in [0.3, 0.4) is 0 Å². The van der Waals surface area contributed by atoms with Gasteiger partial charge in [-0.1, -0.05) is 6.92 Å². The Kier molecular flexibility index (Phi) is 6.26. The highest BCUT2D eigenvalue weighted by molar-refractivity contribution is 5.19. The Morgan fingerprint density at radius 1 is 1.41 bits per heavy atom. The third-order valence-corrected chi connectivity index (χ3v) is 2.53. The van der Waals surface area contributed by atoms with Crippen LogP contribution in [0, 0.1) is 6.92 Å². The van der Waals surface area contributed by atoms with E-state index in [1.807, 2.05) is 14.1 Å². The number of rotatable bonds is 8. The van der Waals surface area contributed by atoms with Gasteiger partial charge in [0.05, 0.1) is 13.2 Å². The molecule has 0 amide bonds. The van der Waals surface area contributed by atoms with Crippen LogP contribution in [-0.4, -0.2) is 38.7 Å². The van der Waals surface area contributed by atoms with Crippen molar-refractivity contribution in [3.8, 4) is 0 Å². The van der Waals surface area contributed by atoms with E-state index in [-0.39, 0.29) is 0 Å². The first kappa shape index (κ1) is 14.2. The fourth-order valence-corrected chi connectivity index (χ4v) is 1.50. The molecule has 0 spiro atoms. The molecule has 0 saturated heterocycles. The molecule has 1 aromatic heterocycles. The maximum atomic E-state index is 5.72. The Labute approximate surface area is 104 Å². The average molecular weight is 240 g/mol. The van der Waals surface area contributed by atoms with Crippen LogP contribution in [0.15, 0.2) is 10.5 Å². The first-order valence-corrected chi connectivity index (χ1v) is 6.14. The lowest BCUT2D eigenvalue weighted by atomic mass is 10.2. The summed E-state index contributed by atoms with van der Waals surface area (Å²) in [5.74, 6) is 1.92. The highest BCUT2D eigenvalue weighted by atomic mass is 16.5. The first-order valence-electron chi connectivity index (χ1n) is 6.14. The number of likely N-dealkylation sites (N-methyl/N-ethyl adjacent to an activating group) is 1. The quantitative estimate of drug-likeness (QED) is 0.703. The Hall–Kier alpha value is -0.840. The summed E-state index contributed by atoms with van der Waals surface area (Å²) in [6.45, 7) is 8.12. The molecule has 0 aromatic carbocycles. The molecule has 1 aromatic rings. The lowest BCUT2D eigenvalue weighted by Gasteiger charge is -2.08. The van der Waals surface area contributed by atoms with Crippen molar-refractivity contribution in [2.75, 3.05) is 33.8 Å². The van der Waals surface area contributed by atoms with Crippen LogP contribution in [0.5, 0.6) is 0 Å². The van der Waals surface area contributed by atoms with E-state index in [9.17, 15) is 0 Å². The van der Waals surface area contributed by atoms with Crippen molar-refractivity contribution in [1.82, 2.24) is 10.2 Å². The molecule has 17 heavy (non-hydrogen) atoms. The second kappa shape index (κ2) is 7.48. The Balaban J connectivity index is 2.33. The summed E-state index contributed by atoms with van der Waals surface area (Å²) in [6, 6.07) is 2.06. The summed E-state index contributed by atoms with van der Waals surface area (Å²) in [6.07, 6.45) is 0. The number of hydrogen-bond acceptors (Lipinski definition) is 4. The van der Waals surface area contributed by atoms with Gasteiger partial charge in [0.15, 0.2) is 0 Å². The normalized spacial score (nSPS) is 11.4. The van der Waals surface area contributed by atoms with Gasteiger partial charge in [-0.05, 0) is 39.2 Å². The number of nitrogens with one attached hydrogen (secondary N) is 1. The third-order valence-electron chi connectivity index (χ3n) is 2.53. The van der Waals surface area contributed by atoms with Gasteiger partial charge in [0, 0.05) is 6.54 Å². The molecule has 0 bridgehead atoms. The minimum atomic E-state index is 0.556. The number of aryl methyl sites for hydroxylation is 1. The fraction of sp³-hybridized carbons (Fsp3) is 0.692. The monoisotopic (exact) mass is 240 g/mol. The van der Waals surface area contributed by atoms with E-state index in [1.54, 1.807) is 0 Å². The standard InChI is InChI=1S/C13H24N2O2/c1-5-14-9-13-11(2)8-12(17-13)10-16-7-6-15(3)4/h8,14H,5-7,9-10H2,1-4H3. The lowest BCUT2D eigenvalue weighted by molar-refractivity contribution is 0.0918. The predicted molar refractivity (Wildman–Crippen MR) is 69.0 cm³/mol. The molecule has 4 nitrogen and oxygen atoms in total. The molecule has 0 atom stereocenters. The van der Waals surface area contributed by atoms with Crippen LogP contribution < -0.4 is 5.32 Å². The molecule has 0 aliphatic carbocycles. The van der Waals surface area contributed by atoms with Crippen LogP contribution >= 0.6 is 0 Å². The van der Waals surface area contributed by atoms with Crippen molar-refractivity contribution >= 4 is 0 Å². The van der Waals surface area contributed by atoms with E-state index in [4.69, 9.17) is 9.15 Å². The zero-order chi connectivity index (χ0) is 12.7. The zero-order valence-electron chi connectivity index (χ0n) is 11.4.